The highest BCUT2D eigenvalue weighted by atomic mass is 16.5. The summed E-state index contributed by atoms with van der Waals surface area (Å²) in [5, 5.41) is 8.34. The van der Waals surface area contributed by atoms with Gasteiger partial charge in [0.2, 0.25) is 0 Å². The number of carbonyl (C=O) groups is 1. The lowest BCUT2D eigenvalue weighted by atomic mass is 10.2. The molecule has 1 amide bonds. The number of carbonyl (C=O) groups excluding carboxylic acids is 1. The van der Waals surface area contributed by atoms with Crippen molar-refractivity contribution in [3.8, 4) is 11.5 Å². The predicted molar refractivity (Wildman–Crippen MR) is 137 cm³/mol. The molecule has 7 nitrogen and oxygen atoms in total. The largest absolute Gasteiger partial charge is 0.490 e. The number of hydrogen-bond donors (Lipinski definition) is 2. The Morgan fingerprint density at radius 3 is 1.76 bits per heavy atom. The van der Waals surface area contributed by atoms with Gasteiger partial charge in [0.25, 0.3) is 5.91 Å². The van der Waals surface area contributed by atoms with E-state index in [0.29, 0.717) is 11.3 Å². The number of hydrazone groups is 2. The summed E-state index contributed by atoms with van der Waals surface area (Å²) in [6.45, 7) is 7.88. The molecule has 0 unspecified atom stereocenters. The molecule has 0 saturated heterocycles. The number of nitrogens with one attached hydrogen (secondary N) is 2. The molecular weight excluding hydrogens is 428 g/mol. The quantitative estimate of drug-likeness (QED) is 0.312. The Morgan fingerprint density at radius 1 is 0.735 bits per heavy atom. The van der Waals surface area contributed by atoms with Crippen LogP contribution >= 0.6 is 0 Å². The van der Waals surface area contributed by atoms with E-state index in [1.807, 2.05) is 76.2 Å². The van der Waals surface area contributed by atoms with E-state index in [4.69, 9.17) is 9.47 Å². The number of para-hydroxylation sites is 2. The van der Waals surface area contributed by atoms with Gasteiger partial charge in [-0.15, -0.1) is 0 Å². The molecule has 3 aromatic carbocycles. The van der Waals surface area contributed by atoms with E-state index in [9.17, 15) is 4.79 Å². The molecule has 0 aliphatic rings. The summed E-state index contributed by atoms with van der Waals surface area (Å²) in [7, 11) is 0. The second kappa shape index (κ2) is 12.2. The fourth-order valence-corrected chi connectivity index (χ4v) is 2.99. The zero-order valence-corrected chi connectivity index (χ0v) is 19.9. The van der Waals surface area contributed by atoms with Crippen LogP contribution in [0.4, 0.5) is 5.69 Å². The Labute approximate surface area is 200 Å². The van der Waals surface area contributed by atoms with Crippen molar-refractivity contribution in [1.29, 1.82) is 0 Å². The van der Waals surface area contributed by atoms with Crippen LogP contribution in [-0.2, 0) is 0 Å². The molecule has 0 aromatic heterocycles. The number of rotatable bonds is 10. The van der Waals surface area contributed by atoms with Crippen LogP contribution in [0, 0.1) is 0 Å². The number of ether oxygens (including phenoxy) is 2. The number of benzene rings is 3. The van der Waals surface area contributed by atoms with E-state index in [0.717, 1.165) is 22.6 Å². The third kappa shape index (κ3) is 7.48. The molecule has 176 valence electrons. The molecule has 0 bridgehead atoms. The Morgan fingerprint density at radius 2 is 1.24 bits per heavy atom. The standard InChI is InChI=1S/C27H30N4O3/c1-19(2)33-25-11-7-5-9-22(25)17-28-30-24-15-13-21(14-16-24)27(32)31-29-18-23-10-6-8-12-26(23)34-20(3)4/h5-20,30H,1-4H3,(H,31,32). The first-order valence-electron chi connectivity index (χ1n) is 11.2. The molecule has 2 N–H and O–H groups in total. The fraction of sp³-hybridized carbons (Fsp3) is 0.222. The van der Waals surface area contributed by atoms with Crippen molar-refractivity contribution in [1.82, 2.24) is 5.43 Å². The third-order valence-corrected chi connectivity index (χ3v) is 4.48. The van der Waals surface area contributed by atoms with E-state index < -0.39 is 0 Å². The fourth-order valence-electron chi connectivity index (χ4n) is 2.99. The average molecular weight is 459 g/mol. The molecule has 3 rings (SSSR count). The molecule has 7 heteroatoms. The van der Waals surface area contributed by atoms with Crippen molar-refractivity contribution in [3.05, 3.63) is 89.5 Å². The Bertz CT molecular complexity index is 1140. The van der Waals surface area contributed by atoms with Crippen molar-refractivity contribution >= 4 is 24.0 Å². The average Bonchev–Trinajstić information content (AvgIpc) is 2.81. The van der Waals surface area contributed by atoms with E-state index >= 15 is 0 Å². The normalized spacial score (nSPS) is 11.4. The van der Waals surface area contributed by atoms with E-state index in [-0.39, 0.29) is 18.1 Å². The molecule has 34 heavy (non-hydrogen) atoms. The maximum atomic E-state index is 12.4. The predicted octanol–water partition coefficient (Wildman–Crippen LogP) is 5.47. The molecule has 0 heterocycles. The second-order valence-electron chi connectivity index (χ2n) is 8.06. The summed E-state index contributed by atoms with van der Waals surface area (Å²) < 4.78 is 11.5. The summed E-state index contributed by atoms with van der Waals surface area (Å²) in [4.78, 5) is 12.4. The zero-order chi connectivity index (χ0) is 24.3. The smallest absolute Gasteiger partial charge is 0.271 e. The summed E-state index contributed by atoms with van der Waals surface area (Å²) in [5.74, 6) is 1.17. The van der Waals surface area contributed by atoms with Gasteiger partial charge in [-0.05, 0) is 76.2 Å². The lowest BCUT2D eigenvalue weighted by molar-refractivity contribution is 0.0955. The Balaban J connectivity index is 1.56. The minimum Gasteiger partial charge on any atom is -0.490 e. The lowest BCUT2D eigenvalue weighted by Gasteiger charge is -2.11. The monoisotopic (exact) mass is 458 g/mol. The first-order chi connectivity index (χ1) is 16.4. The maximum Gasteiger partial charge on any atom is 0.271 e. The SMILES string of the molecule is CC(C)Oc1ccccc1C=NNC(=O)c1ccc(NN=Cc2ccccc2OC(C)C)cc1. The first-order valence-corrected chi connectivity index (χ1v) is 11.2. The summed E-state index contributed by atoms with van der Waals surface area (Å²) in [6.07, 6.45) is 3.40. The zero-order valence-electron chi connectivity index (χ0n) is 19.9. The van der Waals surface area contributed by atoms with Crippen LogP contribution < -0.4 is 20.3 Å². The lowest BCUT2D eigenvalue weighted by Crippen LogP contribution is -2.17. The molecule has 0 radical (unpaired) electrons. The van der Waals surface area contributed by atoms with Gasteiger partial charge < -0.3 is 9.47 Å². The van der Waals surface area contributed by atoms with Crippen LogP contribution in [0.25, 0.3) is 0 Å². The van der Waals surface area contributed by atoms with Crippen LogP contribution in [0.15, 0.2) is 83.0 Å². The molecule has 0 atom stereocenters. The molecule has 3 aromatic rings. The molecule has 0 spiro atoms. The van der Waals surface area contributed by atoms with Gasteiger partial charge in [-0.2, -0.15) is 10.2 Å². The van der Waals surface area contributed by atoms with Gasteiger partial charge in [-0.1, -0.05) is 24.3 Å². The van der Waals surface area contributed by atoms with Gasteiger partial charge in [0.15, 0.2) is 0 Å². The van der Waals surface area contributed by atoms with E-state index in [1.165, 1.54) is 0 Å². The topological polar surface area (TPSA) is 84.3 Å². The molecular formula is C27H30N4O3. The Hall–Kier alpha value is -4.13. The minimum absolute atomic E-state index is 0.0451. The summed E-state index contributed by atoms with van der Waals surface area (Å²) in [5.41, 5.74) is 8.40. The minimum atomic E-state index is -0.312. The van der Waals surface area contributed by atoms with Crippen molar-refractivity contribution < 1.29 is 14.3 Å². The van der Waals surface area contributed by atoms with Gasteiger partial charge in [-0.25, -0.2) is 5.43 Å². The summed E-state index contributed by atoms with van der Waals surface area (Å²) in [6, 6.07) is 22.2. The second-order valence-corrected chi connectivity index (χ2v) is 8.06. The number of amides is 1. The van der Waals surface area contributed by atoms with Gasteiger partial charge in [0.05, 0.1) is 30.3 Å². The van der Waals surface area contributed by atoms with Gasteiger partial charge >= 0.3 is 0 Å². The van der Waals surface area contributed by atoms with Crippen molar-refractivity contribution in [2.24, 2.45) is 10.2 Å². The first kappa shape index (κ1) is 24.5. The molecule has 0 aliphatic heterocycles. The highest BCUT2D eigenvalue weighted by Crippen LogP contribution is 2.18. The van der Waals surface area contributed by atoms with Crippen molar-refractivity contribution in [3.63, 3.8) is 0 Å². The molecule has 0 fully saturated rings. The van der Waals surface area contributed by atoms with Crippen LogP contribution in [0.1, 0.15) is 49.2 Å². The highest BCUT2D eigenvalue weighted by molar-refractivity contribution is 5.95. The third-order valence-electron chi connectivity index (χ3n) is 4.48. The molecule has 0 aliphatic carbocycles. The van der Waals surface area contributed by atoms with Crippen LogP contribution in [0.2, 0.25) is 0 Å². The highest BCUT2D eigenvalue weighted by Gasteiger charge is 2.06. The number of anilines is 1. The van der Waals surface area contributed by atoms with Crippen molar-refractivity contribution in [2.75, 3.05) is 5.43 Å². The Kier molecular flexibility index (Phi) is 8.80. The van der Waals surface area contributed by atoms with Crippen LogP contribution in [0.3, 0.4) is 0 Å². The van der Waals surface area contributed by atoms with Crippen LogP contribution in [-0.4, -0.2) is 30.5 Å². The maximum absolute atomic E-state index is 12.4. The number of nitrogens with zero attached hydrogens (tertiary/aromatic N) is 2. The van der Waals surface area contributed by atoms with Crippen LogP contribution in [0.5, 0.6) is 11.5 Å². The van der Waals surface area contributed by atoms with Gasteiger partial charge in [0.1, 0.15) is 11.5 Å². The number of hydrogen-bond acceptors (Lipinski definition) is 6. The van der Waals surface area contributed by atoms with Crippen molar-refractivity contribution in [2.45, 2.75) is 39.9 Å². The van der Waals surface area contributed by atoms with Gasteiger partial charge in [0, 0.05) is 16.7 Å². The van der Waals surface area contributed by atoms with E-state index in [2.05, 4.69) is 21.1 Å². The summed E-state index contributed by atoms with van der Waals surface area (Å²) >= 11 is 0. The molecule has 0 saturated carbocycles. The van der Waals surface area contributed by atoms with E-state index in [1.54, 1.807) is 36.7 Å². The van der Waals surface area contributed by atoms with Gasteiger partial charge in [-0.3, -0.25) is 10.2 Å².